The van der Waals surface area contributed by atoms with Gasteiger partial charge in [0, 0.05) is 11.1 Å². The van der Waals surface area contributed by atoms with Crippen molar-refractivity contribution in [3.8, 4) is 11.5 Å². The highest BCUT2D eigenvalue weighted by molar-refractivity contribution is 14.1. The lowest BCUT2D eigenvalue weighted by molar-refractivity contribution is -0.385. The number of benzene rings is 2. The molecule has 0 aliphatic carbocycles. The zero-order chi connectivity index (χ0) is 21.5. The molecule has 0 unspecified atom stereocenters. The molecule has 10 heteroatoms. The quantitative estimate of drug-likeness (QED) is 0.181. The molecule has 0 aliphatic heterocycles. The lowest BCUT2D eigenvalue weighted by Gasteiger charge is -2.13. The van der Waals surface area contributed by atoms with Crippen LogP contribution >= 0.6 is 34.2 Å². The van der Waals surface area contributed by atoms with E-state index in [1.165, 1.54) is 12.1 Å². The first-order chi connectivity index (χ1) is 14.5. The summed E-state index contributed by atoms with van der Waals surface area (Å²) in [4.78, 5) is 14.1. The molecule has 8 nitrogen and oxygen atoms in total. The average Bonchev–Trinajstić information content (AvgIpc) is 2.74. The van der Waals surface area contributed by atoms with Crippen molar-refractivity contribution >= 4 is 51.9 Å². The summed E-state index contributed by atoms with van der Waals surface area (Å²) in [6.07, 6.45) is 2.76. The topological polar surface area (TPSA) is 98.9 Å². The number of pyridine rings is 1. The third-order valence-electron chi connectivity index (χ3n) is 3.90. The smallest absolute Gasteiger partial charge is 0.287 e. The fraction of sp³-hybridized carbons (Fsp3) is 0.100. The van der Waals surface area contributed by atoms with Crippen LogP contribution in [0.5, 0.6) is 11.5 Å². The van der Waals surface area contributed by atoms with Crippen LogP contribution in [0.25, 0.3) is 0 Å². The van der Waals surface area contributed by atoms with Gasteiger partial charge in [0.2, 0.25) is 0 Å². The molecule has 0 saturated heterocycles. The fourth-order valence-corrected chi connectivity index (χ4v) is 3.33. The van der Waals surface area contributed by atoms with Crippen LogP contribution in [0, 0.1) is 13.7 Å². The van der Waals surface area contributed by atoms with Gasteiger partial charge in [-0.25, -0.2) is 4.98 Å². The second-order valence-corrected chi connectivity index (χ2v) is 7.58. The molecule has 1 heterocycles. The summed E-state index contributed by atoms with van der Waals surface area (Å²) in [7, 11) is 1.57. The number of hydrogen-bond acceptors (Lipinski definition) is 7. The predicted molar refractivity (Wildman–Crippen MR) is 124 cm³/mol. The number of methoxy groups -OCH3 is 1. The van der Waals surface area contributed by atoms with E-state index in [0.29, 0.717) is 28.9 Å². The van der Waals surface area contributed by atoms with Gasteiger partial charge < -0.3 is 9.47 Å². The maximum absolute atomic E-state index is 10.7. The Morgan fingerprint density at radius 3 is 2.67 bits per heavy atom. The Labute approximate surface area is 191 Å². The fourth-order valence-electron chi connectivity index (χ4n) is 2.42. The van der Waals surface area contributed by atoms with Gasteiger partial charge in [-0.1, -0.05) is 23.7 Å². The number of nitrogens with zero attached hydrogens (tertiary/aromatic N) is 3. The van der Waals surface area contributed by atoms with Crippen LogP contribution in [0.15, 0.2) is 59.8 Å². The minimum atomic E-state index is -0.509. The minimum Gasteiger partial charge on any atom is -0.493 e. The number of hydrazone groups is 1. The zero-order valence-corrected chi connectivity index (χ0v) is 18.6. The number of nitrogens with one attached hydrogen (secondary N) is 1. The maximum atomic E-state index is 10.7. The molecule has 1 aromatic heterocycles. The molecule has 0 bridgehead atoms. The Hall–Kier alpha value is -2.92. The molecular formula is C20H16ClIN4O4. The summed E-state index contributed by atoms with van der Waals surface area (Å²) >= 11 is 8.08. The molecule has 0 saturated carbocycles. The van der Waals surface area contributed by atoms with E-state index in [1.807, 2.05) is 30.3 Å². The van der Waals surface area contributed by atoms with Crippen molar-refractivity contribution in [3.63, 3.8) is 0 Å². The molecule has 2 aromatic carbocycles. The highest BCUT2D eigenvalue weighted by atomic mass is 127. The van der Waals surface area contributed by atoms with Crippen LogP contribution in [0.1, 0.15) is 11.1 Å². The van der Waals surface area contributed by atoms with E-state index < -0.39 is 4.92 Å². The summed E-state index contributed by atoms with van der Waals surface area (Å²) in [5.74, 6) is 1.60. The molecular weight excluding hydrogens is 523 g/mol. The molecule has 3 rings (SSSR count). The van der Waals surface area contributed by atoms with E-state index in [-0.39, 0.29) is 5.69 Å². The van der Waals surface area contributed by atoms with Crippen LogP contribution in [-0.2, 0) is 6.61 Å². The summed E-state index contributed by atoms with van der Waals surface area (Å²) in [6.45, 7) is 0.379. The first-order valence-corrected chi connectivity index (χ1v) is 10.1. The van der Waals surface area contributed by atoms with Crippen molar-refractivity contribution < 1.29 is 14.4 Å². The molecule has 1 N–H and O–H groups in total. The van der Waals surface area contributed by atoms with Gasteiger partial charge in [0.05, 0.1) is 21.8 Å². The maximum Gasteiger partial charge on any atom is 0.287 e. The number of hydrogen-bond donors (Lipinski definition) is 1. The van der Waals surface area contributed by atoms with Gasteiger partial charge in [-0.3, -0.25) is 15.5 Å². The van der Waals surface area contributed by atoms with E-state index in [0.717, 1.165) is 20.9 Å². The monoisotopic (exact) mass is 538 g/mol. The number of ether oxygens (including phenoxy) is 2. The highest BCUT2D eigenvalue weighted by Gasteiger charge is 2.12. The van der Waals surface area contributed by atoms with Crippen LogP contribution in [0.2, 0.25) is 5.02 Å². The lowest BCUT2D eigenvalue weighted by atomic mass is 10.2. The molecule has 0 radical (unpaired) electrons. The summed E-state index contributed by atoms with van der Waals surface area (Å²) in [5.41, 5.74) is 4.42. The van der Waals surface area contributed by atoms with Gasteiger partial charge in [0.25, 0.3) is 5.69 Å². The highest BCUT2D eigenvalue weighted by Crippen LogP contribution is 2.34. The molecule has 154 valence electrons. The van der Waals surface area contributed by atoms with Crippen molar-refractivity contribution in [3.05, 3.63) is 84.6 Å². The predicted octanol–water partition coefficient (Wildman–Crippen LogP) is 5.28. The van der Waals surface area contributed by atoms with Crippen molar-refractivity contribution in [1.29, 1.82) is 0 Å². The van der Waals surface area contributed by atoms with Gasteiger partial charge in [-0.15, -0.1) is 0 Å². The van der Waals surface area contributed by atoms with Gasteiger partial charge in [0.1, 0.15) is 18.6 Å². The normalized spacial score (nSPS) is 10.8. The van der Waals surface area contributed by atoms with Crippen LogP contribution in [-0.4, -0.2) is 23.2 Å². The minimum absolute atomic E-state index is 0.0852. The summed E-state index contributed by atoms with van der Waals surface area (Å²) < 4.78 is 12.3. The van der Waals surface area contributed by atoms with Gasteiger partial charge in [-0.05, 0) is 64.0 Å². The average molecular weight is 539 g/mol. The van der Waals surface area contributed by atoms with Crippen LogP contribution in [0.3, 0.4) is 0 Å². The SMILES string of the molecule is COc1cc(C=NNc2ccc([N+](=O)[O-])cn2)cc(I)c1OCc1ccc(Cl)cc1. The Morgan fingerprint density at radius 1 is 1.27 bits per heavy atom. The first-order valence-electron chi connectivity index (χ1n) is 8.60. The number of rotatable bonds is 8. The van der Waals surface area contributed by atoms with E-state index in [9.17, 15) is 10.1 Å². The Bertz CT molecular complexity index is 1060. The third-order valence-corrected chi connectivity index (χ3v) is 4.95. The van der Waals surface area contributed by atoms with Crippen LogP contribution in [0.4, 0.5) is 11.5 Å². The van der Waals surface area contributed by atoms with E-state index in [4.69, 9.17) is 21.1 Å². The second kappa shape index (κ2) is 10.2. The Kier molecular flexibility index (Phi) is 7.41. The number of anilines is 1. The number of aromatic nitrogens is 1. The van der Waals surface area contributed by atoms with E-state index in [2.05, 4.69) is 38.1 Å². The molecule has 0 fully saturated rings. The second-order valence-electron chi connectivity index (χ2n) is 5.98. The Morgan fingerprint density at radius 2 is 2.03 bits per heavy atom. The molecule has 0 atom stereocenters. The largest absolute Gasteiger partial charge is 0.493 e. The first kappa shape index (κ1) is 21.8. The van der Waals surface area contributed by atoms with E-state index in [1.54, 1.807) is 19.4 Å². The number of halogens is 2. The van der Waals surface area contributed by atoms with Crippen molar-refractivity contribution in [1.82, 2.24) is 4.98 Å². The number of nitro groups is 1. The van der Waals surface area contributed by atoms with Gasteiger partial charge in [-0.2, -0.15) is 5.10 Å². The molecule has 0 amide bonds. The Balaban J connectivity index is 1.68. The summed E-state index contributed by atoms with van der Waals surface area (Å²) in [6, 6.07) is 14.0. The standard InChI is InChI=1S/C20H16ClIN4O4/c1-29-18-9-14(10-24-25-19-7-6-16(11-23-19)26(27)28)8-17(22)20(18)30-12-13-2-4-15(21)5-3-13/h2-11H,12H2,1H3,(H,23,25). The van der Waals surface area contributed by atoms with Gasteiger partial charge >= 0.3 is 0 Å². The third kappa shape index (κ3) is 5.80. The van der Waals surface area contributed by atoms with Crippen LogP contribution < -0.4 is 14.9 Å². The molecule has 0 aliphatic rings. The van der Waals surface area contributed by atoms with Crippen molar-refractivity contribution in [2.75, 3.05) is 12.5 Å². The molecule has 0 spiro atoms. The van der Waals surface area contributed by atoms with Gasteiger partial charge in [0.15, 0.2) is 11.5 Å². The molecule has 3 aromatic rings. The lowest BCUT2D eigenvalue weighted by Crippen LogP contribution is -2.01. The van der Waals surface area contributed by atoms with Crippen molar-refractivity contribution in [2.45, 2.75) is 6.61 Å². The van der Waals surface area contributed by atoms with E-state index >= 15 is 0 Å². The zero-order valence-electron chi connectivity index (χ0n) is 15.7. The van der Waals surface area contributed by atoms with Crippen molar-refractivity contribution in [2.24, 2.45) is 5.10 Å². The molecule has 30 heavy (non-hydrogen) atoms. The summed E-state index contributed by atoms with van der Waals surface area (Å²) in [5, 5.41) is 15.4.